The molecule has 0 aliphatic carbocycles. The fourth-order valence-electron chi connectivity index (χ4n) is 1.28. The highest BCUT2D eigenvalue weighted by atomic mass is 19.4. The molecule has 1 aromatic carbocycles. The van der Waals surface area contributed by atoms with Crippen LogP contribution in [-0.2, 0) is 15.8 Å². The Morgan fingerprint density at radius 3 is 2.40 bits per heavy atom. The number of nitrogens with one attached hydrogen (secondary N) is 2. The van der Waals surface area contributed by atoms with Crippen molar-refractivity contribution in [1.29, 1.82) is 0 Å². The van der Waals surface area contributed by atoms with Crippen molar-refractivity contribution < 1.29 is 22.8 Å². The lowest BCUT2D eigenvalue weighted by Crippen LogP contribution is -2.18. The minimum atomic E-state index is -4.47. The highest BCUT2D eigenvalue weighted by molar-refractivity contribution is 6.03. The smallest absolute Gasteiger partial charge is 0.332 e. The number of carbonyl (C=O) groups is 2. The first kappa shape index (κ1) is 15.7. The van der Waals surface area contributed by atoms with Crippen molar-refractivity contribution in [1.82, 2.24) is 5.32 Å². The van der Waals surface area contributed by atoms with Gasteiger partial charge in [0.15, 0.2) is 0 Å². The topological polar surface area (TPSA) is 58.2 Å². The van der Waals surface area contributed by atoms with Crippen molar-refractivity contribution in [3.05, 3.63) is 41.6 Å². The Morgan fingerprint density at radius 2 is 1.85 bits per heavy atom. The van der Waals surface area contributed by atoms with Crippen LogP contribution in [0.2, 0.25) is 0 Å². The zero-order valence-corrected chi connectivity index (χ0v) is 10.8. The van der Waals surface area contributed by atoms with E-state index in [0.29, 0.717) is 0 Å². The minimum Gasteiger partial charge on any atom is -0.332 e. The molecule has 1 aromatic rings. The van der Waals surface area contributed by atoms with Gasteiger partial charge in [0, 0.05) is 24.4 Å². The molecule has 0 saturated heterocycles. The highest BCUT2D eigenvalue weighted by Gasteiger charge is 2.30. The van der Waals surface area contributed by atoms with E-state index in [1.165, 1.54) is 32.2 Å². The third-order valence-corrected chi connectivity index (χ3v) is 2.30. The molecular weight excluding hydrogens is 273 g/mol. The molecule has 108 valence electrons. The van der Waals surface area contributed by atoms with Gasteiger partial charge in [0.25, 0.3) is 5.91 Å². The van der Waals surface area contributed by atoms with E-state index in [2.05, 4.69) is 10.6 Å². The summed E-state index contributed by atoms with van der Waals surface area (Å²) in [5, 5.41) is 4.63. The Hall–Kier alpha value is -2.31. The van der Waals surface area contributed by atoms with Gasteiger partial charge in [0.2, 0.25) is 5.91 Å². The van der Waals surface area contributed by atoms with Crippen LogP contribution in [0.3, 0.4) is 0 Å². The van der Waals surface area contributed by atoms with Gasteiger partial charge >= 0.3 is 6.18 Å². The summed E-state index contributed by atoms with van der Waals surface area (Å²) in [5.74, 6) is -0.950. The van der Waals surface area contributed by atoms with Crippen molar-refractivity contribution in [2.75, 3.05) is 5.32 Å². The number of hydrogen-bond donors (Lipinski definition) is 2. The molecule has 1 rings (SSSR count). The maximum Gasteiger partial charge on any atom is 0.416 e. The molecule has 0 bridgehead atoms. The molecule has 0 heterocycles. The summed E-state index contributed by atoms with van der Waals surface area (Å²) in [6.45, 7) is 2.70. The number of hydrogen-bond acceptors (Lipinski definition) is 2. The Kier molecular flexibility index (Phi) is 4.90. The molecule has 0 aromatic heterocycles. The molecule has 0 spiro atoms. The molecule has 0 saturated carbocycles. The van der Waals surface area contributed by atoms with Gasteiger partial charge < -0.3 is 10.6 Å². The molecule has 0 atom stereocenters. The Bertz CT molecular complexity index is 551. The molecular formula is C13H13F3N2O2. The summed E-state index contributed by atoms with van der Waals surface area (Å²) in [5.41, 5.74) is -0.656. The average Bonchev–Trinajstić information content (AvgIpc) is 2.35. The van der Waals surface area contributed by atoms with Crippen LogP contribution in [0, 0.1) is 0 Å². The van der Waals surface area contributed by atoms with Gasteiger partial charge in [-0.05, 0) is 25.1 Å². The third kappa shape index (κ3) is 4.75. The van der Waals surface area contributed by atoms with Crippen molar-refractivity contribution >= 4 is 17.5 Å². The van der Waals surface area contributed by atoms with Crippen LogP contribution in [-0.4, -0.2) is 11.8 Å². The van der Waals surface area contributed by atoms with E-state index in [4.69, 9.17) is 0 Å². The van der Waals surface area contributed by atoms with Crippen LogP contribution in [0.25, 0.3) is 0 Å². The molecule has 0 unspecified atom stereocenters. The number of amides is 2. The summed E-state index contributed by atoms with van der Waals surface area (Å²) < 4.78 is 37.5. The van der Waals surface area contributed by atoms with Crippen molar-refractivity contribution in [3.63, 3.8) is 0 Å². The second-order valence-corrected chi connectivity index (χ2v) is 4.06. The molecule has 0 fully saturated rings. The fourth-order valence-corrected chi connectivity index (χ4v) is 1.28. The van der Waals surface area contributed by atoms with Gasteiger partial charge in [-0.15, -0.1) is 0 Å². The number of carbonyl (C=O) groups excluding carboxylic acids is 2. The summed E-state index contributed by atoms with van der Waals surface area (Å²) in [6, 6.07) is 4.30. The van der Waals surface area contributed by atoms with Gasteiger partial charge in [0.05, 0.1) is 5.56 Å². The Morgan fingerprint density at radius 1 is 1.20 bits per heavy atom. The fraction of sp³-hybridized carbons (Fsp3) is 0.231. The molecule has 0 aliphatic heterocycles. The van der Waals surface area contributed by atoms with E-state index in [0.717, 1.165) is 12.1 Å². The predicted octanol–water partition coefficient (Wildman–Crippen LogP) is 2.68. The second-order valence-electron chi connectivity index (χ2n) is 4.06. The van der Waals surface area contributed by atoms with Crippen LogP contribution in [0.1, 0.15) is 19.4 Å². The van der Waals surface area contributed by atoms with E-state index in [1.807, 2.05) is 0 Å². The third-order valence-electron chi connectivity index (χ3n) is 2.30. The molecule has 0 radical (unpaired) electrons. The van der Waals surface area contributed by atoms with Crippen LogP contribution in [0.4, 0.5) is 18.9 Å². The zero-order chi connectivity index (χ0) is 15.3. The molecule has 2 amide bonds. The van der Waals surface area contributed by atoms with Gasteiger partial charge in [-0.2, -0.15) is 13.2 Å². The van der Waals surface area contributed by atoms with Crippen molar-refractivity contribution in [3.8, 4) is 0 Å². The number of alkyl halides is 3. The number of anilines is 1. The minimum absolute atomic E-state index is 0.0281. The standard InChI is InChI=1S/C13H13F3N2O2/c1-8(7-17-9(2)19)12(20)18-11-5-3-4-10(6-11)13(14,15)16/h3-7H,1-2H3,(H,17,19)(H,18,20)/b8-7-. The van der Waals surface area contributed by atoms with E-state index >= 15 is 0 Å². The van der Waals surface area contributed by atoms with E-state index in [1.54, 1.807) is 0 Å². The van der Waals surface area contributed by atoms with Crippen LogP contribution >= 0.6 is 0 Å². The molecule has 7 heteroatoms. The van der Waals surface area contributed by atoms with Crippen LogP contribution in [0.5, 0.6) is 0 Å². The SMILES string of the molecule is CC(=O)N/C=C(/C)C(=O)Nc1cccc(C(F)(F)F)c1. The van der Waals surface area contributed by atoms with Crippen molar-refractivity contribution in [2.24, 2.45) is 0 Å². The second kappa shape index (κ2) is 6.23. The Balaban J connectivity index is 2.81. The quantitative estimate of drug-likeness (QED) is 0.839. The lowest BCUT2D eigenvalue weighted by Gasteiger charge is -2.10. The monoisotopic (exact) mass is 286 g/mol. The van der Waals surface area contributed by atoms with E-state index < -0.39 is 17.6 Å². The zero-order valence-electron chi connectivity index (χ0n) is 10.8. The first-order valence-corrected chi connectivity index (χ1v) is 5.62. The summed E-state index contributed by atoms with van der Waals surface area (Å²) in [4.78, 5) is 22.3. The molecule has 0 aliphatic rings. The number of benzene rings is 1. The number of rotatable bonds is 3. The van der Waals surface area contributed by atoms with E-state index in [9.17, 15) is 22.8 Å². The number of halogens is 3. The van der Waals surface area contributed by atoms with Gasteiger partial charge in [-0.25, -0.2) is 0 Å². The highest BCUT2D eigenvalue weighted by Crippen LogP contribution is 2.30. The summed E-state index contributed by atoms with van der Waals surface area (Å²) >= 11 is 0. The maximum absolute atomic E-state index is 12.5. The molecule has 4 nitrogen and oxygen atoms in total. The first-order valence-electron chi connectivity index (χ1n) is 5.62. The summed E-state index contributed by atoms with van der Waals surface area (Å²) in [6.07, 6.45) is -3.28. The van der Waals surface area contributed by atoms with E-state index in [-0.39, 0.29) is 17.2 Å². The van der Waals surface area contributed by atoms with Gasteiger partial charge in [-0.3, -0.25) is 9.59 Å². The lowest BCUT2D eigenvalue weighted by atomic mass is 10.2. The van der Waals surface area contributed by atoms with Crippen LogP contribution in [0.15, 0.2) is 36.0 Å². The largest absolute Gasteiger partial charge is 0.416 e. The predicted molar refractivity (Wildman–Crippen MR) is 67.6 cm³/mol. The molecule has 2 N–H and O–H groups in total. The summed E-state index contributed by atoms with van der Waals surface area (Å²) in [7, 11) is 0. The van der Waals surface area contributed by atoms with Gasteiger partial charge in [-0.1, -0.05) is 6.07 Å². The normalized spacial score (nSPS) is 11.9. The van der Waals surface area contributed by atoms with Gasteiger partial charge in [0.1, 0.15) is 0 Å². The average molecular weight is 286 g/mol. The van der Waals surface area contributed by atoms with Crippen LogP contribution < -0.4 is 10.6 Å². The first-order chi connectivity index (χ1) is 9.20. The van der Waals surface area contributed by atoms with Crippen molar-refractivity contribution in [2.45, 2.75) is 20.0 Å². The lowest BCUT2D eigenvalue weighted by molar-refractivity contribution is -0.137. The molecule has 20 heavy (non-hydrogen) atoms. The maximum atomic E-state index is 12.5. The Labute approximate surface area is 113 Å².